The van der Waals surface area contributed by atoms with Crippen LogP contribution in [0.4, 0.5) is 11.4 Å². The van der Waals surface area contributed by atoms with Crippen molar-refractivity contribution in [3.63, 3.8) is 0 Å². The molecule has 0 saturated carbocycles. The summed E-state index contributed by atoms with van der Waals surface area (Å²) in [4.78, 5) is 12.3. The average Bonchev–Trinajstić information content (AvgIpc) is 2.89. The molecular weight excluding hydrogens is 434 g/mol. The zero-order valence-electron chi connectivity index (χ0n) is 24.2. The number of rotatable bonds is 8. The highest BCUT2D eigenvalue weighted by Gasteiger charge is 2.16. The van der Waals surface area contributed by atoms with Crippen LogP contribution >= 0.6 is 0 Å². The van der Waals surface area contributed by atoms with Crippen LogP contribution in [0.2, 0.25) is 0 Å². The molecule has 4 N–H and O–H groups in total. The fourth-order valence-electron chi connectivity index (χ4n) is 2.57. The van der Waals surface area contributed by atoms with Crippen molar-refractivity contribution in [1.82, 2.24) is 0 Å². The summed E-state index contributed by atoms with van der Waals surface area (Å²) < 4.78 is 5.13. The first-order valence-corrected chi connectivity index (χ1v) is 13.3. The van der Waals surface area contributed by atoms with Crippen molar-refractivity contribution >= 4 is 23.0 Å². The first kappa shape index (κ1) is 36.9. The monoisotopic (exact) mass is 487 g/mol. The van der Waals surface area contributed by atoms with Crippen molar-refractivity contribution in [3.05, 3.63) is 59.2 Å². The van der Waals surface area contributed by atoms with Crippen molar-refractivity contribution in [3.8, 4) is 0 Å². The molecule has 0 heterocycles. The topological polar surface area (TPSA) is 88.2 Å². The molecular formula is C30H53N3O2. The number of carbonyl (C=O) groups excluding carboxylic acids is 1. The van der Waals surface area contributed by atoms with Gasteiger partial charge in [-0.25, -0.2) is 0 Å². The lowest BCUT2D eigenvalue weighted by molar-refractivity contribution is -0.110. The predicted octanol–water partition coefficient (Wildman–Crippen LogP) is 8.44. The van der Waals surface area contributed by atoms with E-state index in [2.05, 4.69) is 33.0 Å². The van der Waals surface area contributed by atoms with E-state index in [4.69, 9.17) is 15.9 Å². The Balaban J connectivity index is -0.000000611. The molecule has 1 amide bonds. The third kappa shape index (κ3) is 16.6. The highest BCUT2D eigenvalue weighted by Crippen LogP contribution is 2.19. The Bertz CT molecular complexity index is 785. The lowest BCUT2D eigenvalue weighted by atomic mass is 10.0. The van der Waals surface area contributed by atoms with E-state index in [0.717, 1.165) is 49.3 Å². The van der Waals surface area contributed by atoms with E-state index in [-0.39, 0.29) is 5.71 Å². The third-order valence-corrected chi connectivity index (χ3v) is 4.22. The highest BCUT2D eigenvalue weighted by atomic mass is 16.5. The maximum atomic E-state index is 12.3. The van der Waals surface area contributed by atoms with E-state index in [1.165, 1.54) is 6.42 Å². The Morgan fingerprint density at radius 2 is 1.40 bits per heavy atom. The first-order valence-electron chi connectivity index (χ1n) is 13.3. The van der Waals surface area contributed by atoms with Crippen LogP contribution in [0.5, 0.6) is 0 Å². The lowest BCUT2D eigenvalue weighted by Gasteiger charge is -2.12. The predicted molar refractivity (Wildman–Crippen MR) is 157 cm³/mol. The quantitative estimate of drug-likeness (QED) is 0.198. The summed E-state index contributed by atoms with van der Waals surface area (Å²) in [5, 5.41) is 10.9. The summed E-state index contributed by atoms with van der Waals surface area (Å²) in [6.45, 7) is 22.2. The van der Waals surface area contributed by atoms with Crippen molar-refractivity contribution in [2.75, 3.05) is 24.3 Å². The fraction of sp³-hybridized carbons (Fsp3) is 0.533. The van der Waals surface area contributed by atoms with Gasteiger partial charge in [-0.2, -0.15) is 0 Å². The Hall–Kier alpha value is -2.66. The number of para-hydroxylation sites is 1. The summed E-state index contributed by atoms with van der Waals surface area (Å²) in [7, 11) is 0. The van der Waals surface area contributed by atoms with Gasteiger partial charge >= 0.3 is 0 Å². The number of nitrogens with two attached hydrogens (primary N) is 1. The SMILES string of the molecule is CC.CC.CCC.CCCOCCC.CCc1ccccc1NC(=O)C(=N)c1cccc(N)c1C. The molecule has 0 spiro atoms. The molecule has 2 aromatic rings. The van der Waals surface area contributed by atoms with E-state index >= 15 is 0 Å². The zero-order valence-corrected chi connectivity index (χ0v) is 24.2. The molecule has 2 aromatic carbocycles. The molecule has 2 rings (SSSR count). The molecule has 5 nitrogen and oxygen atoms in total. The van der Waals surface area contributed by atoms with Gasteiger partial charge in [0.2, 0.25) is 0 Å². The number of nitrogen functional groups attached to an aromatic ring is 1. The molecule has 35 heavy (non-hydrogen) atoms. The summed E-state index contributed by atoms with van der Waals surface area (Å²) in [6.07, 6.45) is 4.35. The Morgan fingerprint density at radius 1 is 0.886 bits per heavy atom. The molecule has 0 unspecified atom stereocenters. The second-order valence-electron chi connectivity index (χ2n) is 7.18. The number of anilines is 2. The number of ether oxygens (including phenoxy) is 1. The van der Waals surface area contributed by atoms with Crippen LogP contribution in [0.3, 0.4) is 0 Å². The van der Waals surface area contributed by atoms with Gasteiger partial charge in [0, 0.05) is 30.2 Å². The van der Waals surface area contributed by atoms with Gasteiger partial charge in [0.1, 0.15) is 5.71 Å². The van der Waals surface area contributed by atoms with E-state index in [9.17, 15) is 4.79 Å². The second-order valence-corrected chi connectivity index (χ2v) is 7.18. The number of carbonyl (C=O) groups is 1. The number of hydrogen-bond donors (Lipinski definition) is 3. The fourth-order valence-corrected chi connectivity index (χ4v) is 2.57. The molecule has 200 valence electrons. The van der Waals surface area contributed by atoms with Crippen molar-refractivity contribution in [1.29, 1.82) is 5.41 Å². The minimum atomic E-state index is -0.426. The maximum Gasteiger partial charge on any atom is 0.274 e. The van der Waals surface area contributed by atoms with Crippen LogP contribution in [0, 0.1) is 12.3 Å². The lowest BCUT2D eigenvalue weighted by Crippen LogP contribution is -2.24. The minimum Gasteiger partial charge on any atom is -0.398 e. The molecule has 0 atom stereocenters. The maximum absolute atomic E-state index is 12.3. The summed E-state index contributed by atoms with van der Waals surface area (Å²) in [5.74, 6) is -0.426. The van der Waals surface area contributed by atoms with E-state index in [1.54, 1.807) is 18.2 Å². The van der Waals surface area contributed by atoms with Crippen molar-refractivity contribution < 1.29 is 9.53 Å². The molecule has 0 aliphatic heterocycles. The van der Waals surface area contributed by atoms with Gasteiger partial charge < -0.3 is 15.8 Å². The molecule has 0 aromatic heterocycles. The van der Waals surface area contributed by atoms with Gasteiger partial charge in [0.25, 0.3) is 5.91 Å². The number of benzene rings is 2. The van der Waals surface area contributed by atoms with Gasteiger partial charge in [-0.1, -0.05) is 99.1 Å². The standard InChI is InChI=1S/C17H19N3O.C6H14O.C3H8.2C2H6/c1-3-12-7-4-5-10-15(12)20-17(21)16(19)13-8-6-9-14(18)11(13)2;1-3-5-7-6-4-2;1-3-2;2*1-2/h4-10,19H,3,18H2,1-2H3,(H,20,21);3-6H2,1-2H3;3H2,1-2H3;2*1-2H3. The van der Waals surface area contributed by atoms with Crippen LogP contribution in [-0.2, 0) is 16.0 Å². The molecule has 0 aliphatic carbocycles. The van der Waals surface area contributed by atoms with Crippen molar-refractivity contribution in [2.24, 2.45) is 0 Å². The van der Waals surface area contributed by atoms with Gasteiger partial charge in [-0.05, 0) is 49.4 Å². The van der Waals surface area contributed by atoms with E-state index < -0.39 is 5.91 Å². The molecule has 0 bridgehead atoms. The molecule has 0 saturated heterocycles. The Morgan fingerprint density at radius 3 is 1.89 bits per heavy atom. The van der Waals surface area contributed by atoms with Gasteiger partial charge in [-0.15, -0.1) is 0 Å². The Labute approximate surface area is 216 Å². The van der Waals surface area contributed by atoms with Crippen molar-refractivity contribution in [2.45, 2.75) is 94.9 Å². The largest absolute Gasteiger partial charge is 0.398 e. The van der Waals surface area contributed by atoms with Gasteiger partial charge in [-0.3, -0.25) is 10.2 Å². The van der Waals surface area contributed by atoms with Gasteiger partial charge in [0.15, 0.2) is 0 Å². The normalized spacial score (nSPS) is 8.86. The van der Waals surface area contributed by atoms with Crippen LogP contribution < -0.4 is 11.1 Å². The second kappa shape index (κ2) is 26.0. The third-order valence-electron chi connectivity index (χ3n) is 4.22. The molecule has 0 aliphatic rings. The Kier molecular flexibility index (Phi) is 27.4. The van der Waals surface area contributed by atoms with Crippen LogP contribution in [0.1, 0.15) is 98.3 Å². The zero-order chi connectivity index (χ0) is 27.6. The molecule has 0 radical (unpaired) electrons. The minimum absolute atomic E-state index is 0.0780. The number of nitrogens with one attached hydrogen (secondary N) is 2. The molecule has 5 heteroatoms. The highest BCUT2D eigenvalue weighted by molar-refractivity contribution is 6.48. The average molecular weight is 488 g/mol. The van der Waals surface area contributed by atoms with Gasteiger partial charge in [0.05, 0.1) is 0 Å². The van der Waals surface area contributed by atoms with Crippen LogP contribution in [0.25, 0.3) is 0 Å². The number of amides is 1. The molecule has 0 fully saturated rings. The summed E-state index contributed by atoms with van der Waals surface area (Å²) in [5.41, 5.74) is 9.43. The number of aryl methyl sites for hydroxylation is 1. The van der Waals surface area contributed by atoms with Crippen LogP contribution in [0.15, 0.2) is 42.5 Å². The first-order chi connectivity index (χ1) is 16.9. The van der Waals surface area contributed by atoms with E-state index in [0.29, 0.717) is 11.3 Å². The van der Waals surface area contributed by atoms with Crippen LogP contribution in [-0.4, -0.2) is 24.8 Å². The summed E-state index contributed by atoms with van der Waals surface area (Å²) >= 11 is 0. The summed E-state index contributed by atoms with van der Waals surface area (Å²) in [6, 6.07) is 12.8. The smallest absolute Gasteiger partial charge is 0.274 e. The van der Waals surface area contributed by atoms with E-state index in [1.807, 2.05) is 65.8 Å². The number of hydrogen-bond acceptors (Lipinski definition) is 4.